The third-order valence-corrected chi connectivity index (χ3v) is 12.3. The number of carbonyl (C=O) groups excluding carboxylic acids is 1. The van der Waals surface area contributed by atoms with E-state index in [0.29, 0.717) is 0 Å². The van der Waals surface area contributed by atoms with E-state index in [1.165, 1.54) is 32.1 Å². The van der Waals surface area contributed by atoms with Crippen molar-refractivity contribution in [2.75, 3.05) is 0 Å². The van der Waals surface area contributed by atoms with Crippen molar-refractivity contribution in [3.8, 4) is 0 Å². The van der Waals surface area contributed by atoms with Crippen molar-refractivity contribution in [2.45, 2.75) is 72.6 Å². The summed E-state index contributed by atoms with van der Waals surface area (Å²) in [5.41, 5.74) is 0. The number of unbranched alkanes of at least 4 members (excludes halogenated alkanes) is 3. The molecule has 0 aliphatic rings. The van der Waals surface area contributed by atoms with E-state index in [1.807, 2.05) is 0 Å². The number of aliphatic carboxylic acids is 1. The van der Waals surface area contributed by atoms with Gasteiger partial charge < -0.3 is 9.90 Å². The Morgan fingerprint density at radius 3 is 1.89 bits per heavy atom. The molecule has 0 aromatic heterocycles. The van der Waals surface area contributed by atoms with Gasteiger partial charge in [-0.15, -0.1) is 0 Å². The third-order valence-electron chi connectivity index (χ3n) is 2.79. The molecule has 0 bridgehead atoms. The molecule has 0 aliphatic heterocycles. The van der Waals surface area contributed by atoms with Crippen LogP contribution in [0.5, 0.6) is 0 Å². The van der Waals surface area contributed by atoms with Crippen molar-refractivity contribution in [1.29, 1.82) is 0 Å². The predicted octanol–water partition coefficient (Wildman–Crippen LogP) is 3.80. The molecule has 0 fully saturated rings. The van der Waals surface area contributed by atoms with Crippen LogP contribution in [0.3, 0.4) is 0 Å². The van der Waals surface area contributed by atoms with E-state index < -0.39 is 25.7 Å². The van der Waals surface area contributed by atoms with E-state index >= 15 is 0 Å². The Bertz CT molecular complexity index is 193. The zero-order valence-corrected chi connectivity index (χ0v) is 15.3. The predicted molar refractivity (Wildman–Crippen MR) is 80.1 cm³/mol. The maximum atomic E-state index is 9.14. The first-order valence-electron chi connectivity index (χ1n) is 7.29. The molecule has 2 nitrogen and oxygen atoms in total. The Morgan fingerprint density at radius 2 is 1.50 bits per heavy atom. The Hall–Kier alpha value is 0.00870. The minimum atomic E-state index is -1.23. The first kappa shape index (κ1) is 20.3. The van der Waals surface area contributed by atoms with E-state index in [9.17, 15) is 0 Å². The fraction of sp³-hybridized carbons (Fsp3) is 0.800. The minimum absolute atomic E-state index is 0.722. The molecule has 0 aromatic carbocycles. The van der Waals surface area contributed by atoms with Crippen LogP contribution in [0.2, 0.25) is 13.3 Å². The molecular weight excluding hydrogens is 331 g/mol. The van der Waals surface area contributed by atoms with Crippen LogP contribution in [0.15, 0.2) is 12.7 Å². The summed E-state index contributed by atoms with van der Waals surface area (Å²) in [5.74, 6) is -1.23. The fourth-order valence-corrected chi connectivity index (χ4v) is 10.5. The van der Waals surface area contributed by atoms with Crippen molar-refractivity contribution < 1.29 is 9.90 Å². The molecule has 0 atom stereocenters. The van der Waals surface area contributed by atoms with Gasteiger partial charge in [0.05, 0.1) is 5.97 Å². The van der Waals surface area contributed by atoms with Crippen molar-refractivity contribution in [3.05, 3.63) is 12.7 Å². The van der Waals surface area contributed by atoms with E-state index in [0.717, 1.165) is 6.08 Å². The summed E-state index contributed by atoms with van der Waals surface area (Å²) in [4.78, 5) is 9.14. The number of carboxylic acids is 1. The van der Waals surface area contributed by atoms with Gasteiger partial charge in [0.15, 0.2) is 0 Å². The van der Waals surface area contributed by atoms with Gasteiger partial charge in [-0.3, -0.25) is 0 Å². The topological polar surface area (TPSA) is 40.1 Å². The second kappa shape index (κ2) is 17.0. The summed E-state index contributed by atoms with van der Waals surface area (Å²) >= 11 is -0.833. The van der Waals surface area contributed by atoms with Gasteiger partial charge in [-0.2, -0.15) is 0 Å². The van der Waals surface area contributed by atoms with Crippen molar-refractivity contribution >= 4 is 25.7 Å². The second-order valence-electron chi connectivity index (χ2n) is 4.58. The van der Waals surface area contributed by atoms with Gasteiger partial charge in [0.25, 0.3) is 0 Å². The van der Waals surface area contributed by atoms with Gasteiger partial charge in [-0.25, -0.2) is 0 Å². The molecule has 0 saturated carbocycles. The van der Waals surface area contributed by atoms with Gasteiger partial charge in [0.1, 0.15) is 0 Å². The molecule has 0 spiro atoms. The zero-order chi connectivity index (χ0) is 14.2. The van der Waals surface area contributed by atoms with E-state index in [-0.39, 0.29) is 0 Å². The molecular formula is C15H30O2Sn. The van der Waals surface area contributed by atoms with Crippen LogP contribution in [0.25, 0.3) is 0 Å². The third kappa shape index (κ3) is 18.4. The maximum absolute atomic E-state index is 9.14. The number of carboxylic acid groups (broad SMARTS) is 1. The van der Waals surface area contributed by atoms with Gasteiger partial charge in [-0.05, 0) is 6.08 Å². The van der Waals surface area contributed by atoms with Crippen LogP contribution in [0.1, 0.15) is 59.3 Å². The molecule has 0 radical (unpaired) electrons. The van der Waals surface area contributed by atoms with Crippen molar-refractivity contribution in [3.63, 3.8) is 0 Å². The summed E-state index contributed by atoms with van der Waals surface area (Å²) < 4.78 is 5.02. The van der Waals surface area contributed by atoms with Gasteiger partial charge in [0, 0.05) is 0 Å². The van der Waals surface area contributed by atoms with Crippen LogP contribution in [0, 0.1) is 0 Å². The number of rotatable bonds is 10. The molecule has 0 heterocycles. The average molecular weight is 361 g/mol. The SMILES string of the molecule is C=CC(=O)[O-].CCCC[CH2][Sn+]([CH2]CC)[CH2]CCC. The number of hydrogen-bond donors (Lipinski definition) is 0. The normalized spacial score (nSPS) is 9.28. The summed E-state index contributed by atoms with van der Waals surface area (Å²) in [6.45, 7) is 9.91. The van der Waals surface area contributed by atoms with Crippen LogP contribution in [-0.2, 0) is 4.79 Å². The Balaban J connectivity index is 0. The van der Waals surface area contributed by atoms with E-state index in [2.05, 4.69) is 27.4 Å². The molecule has 0 N–H and O–H groups in total. The monoisotopic (exact) mass is 362 g/mol. The van der Waals surface area contributed by atoms with Crippen LogP contribution < -0.4 is 5.11 Å². The first-order valence-corrected chi connectivity index (χ1v) is 13.3. The van der Waals surface area contributed by atoms with Gasteiger partial charge >= 0.3 is 92.4 Å². The van der Waals surface area contributed by atoms with Crippen molar-refractivity contribution in [1.82, 2.24) is 0 Å². The Labute approximate surface area is 121 Å². The van der Waals surface area contributed by atoms with Gasteiger partial charge in [-0.1, -0.05) is 6.58 Å². The van der Waals surface area contributed by atoms with Crippen LogP contribution in [0.4, 0.5) is 0 Å². The molecule has 0 amide bonds. The summed E-state index contributed by atoms with van der Waals surface area (Å²) in [6.07, 6.45) is 9.57. The molecule has 0 saturated heterocycles. The molecule has 0 rings (SSSR count). The summed E-state index contributed by atoms with van der Waals surface area (Å²) in [6, 6.07) is 0. The number of hydrogen-bond acceptors (Lipinski definition) is 2. The first-order chi connectivity index (χ1) is 8.62. The zero-order valence-electron chi connectivity index (χ0n) is 12.5. The Kier molecular flexibility index (Phi) is 19.2. The molecule has 3 heteroatoms. The average Bonchev–Trinajstić information content (AvgIpc) is 2.37. The van der Waals surface area contributed by atoms with Crippen LogP contribution >= 0.6 is 0 Å². The van der Waals surface area contributed by atoms with E-state index in [4.69, 9.17) is 9.90 Å². The Morgan fingerprint density at radius 1 is 1.00 bits per heavy atom. The molecule has 0 aromatic rings. The standard InChI is InChI=1S/C5H11.C4H9.C3H4O2.C3H7.Sn/c1-3-5-4-2;1-3-4-2;1-2-3(4)5;1-3-2;/h1,3-5H2,2H3;1,3-4H2,2H3;2H,1H2,(H,4,5);1,3H2,2H3;/q;;;;+1/p-1. The summed E-state index contributed by atoms with van der Waals surface area (Å²) in [7, 11) is 0. The quantitative estimate of drug-likeness (QED) is 0.337. The molecule has 0 unspecified atom stereocenters. The van der Waals surface area contributed by atoms with Crippen LogP contribution in [-0.4, -0.2) is 25.7 Å². The fourth-order valence-electron chi connectivity index (χ4n) is 1.78. The molecule has 0 aliphatic carbocycles. The molecule has 18 heavy (non-hydrogen) atoms. The van der Waals surface area contributed by atoms with Gasteiger partial charge in [0.2, 0.25) is 0 Å². The van der Waals surface area contributed by atoms with Crippen molar-refractivity contribution in [2.24, 2.45) is 0 Å². The second-order valence-corrected chi connectivity index (χ2v) is 13.1. The number of carbonyl (C=O) groups is 1. The summed E-state index contributed by atoms with van der Waals surface area (Å²) in [5, 5.41) is 9.14. The molecule has 106 valence electrons. The van der Waals surface area contributed by atoms with E-state index in [1.54, 1.807) is 19.7 Å².